The molecule has 1 unspecified atom stereocenters. The van der Waals surface area contributed by atoms with Gasteiger partial charge in [-0.25, -0.2) is 4.98 Å². The first-order valence-corrected chi connectivity index (χ1v) is 10.6. The number of rotatable bonds is 9. The molecule has 0 aliphatic carbocycles. The number of benzene rings is 1. The summed E-state index contributed by atoms with van der Waals surface area (Å²) in [5, 5.41) is 3.91. The summed E-state index contributed by atoms with van der Waals surface area (Å²) in [4.78, 5) is 30.1. The highest BCUT2D eigenvalue weighted by molar-refractivity contribution is 8.00. The zero-order chi connectivity index (χ0) is 20.0. The molecule has 0 saturated heterocycles. The molecule has 0 radical (unpaired) electrons. The van der Waals surface area contributed by atoms with Crippen LogP contribution in [-0.2, 0) is 11.3 Å². The Balaban J connectivity index is 2.25. The van der Waals surface area contributed by atoms with E-state index in [9.17, 15) is 9.59 Å². The van der Waals surface area contributed by atoms with E-state index >= 15 is 0 Å². The maximum atomic E-state index is 13.0. The van der Waals surface area contributed by atoms with E-state index in [1.54, 1.807) is 4.57 Å². The number of nitrogens with one attached hydrogen (secondary N) is 1. The first-order valence-electron chi connectivity index (χ1n) is 9.73. The van der Waals surface area contributed by atoms with Crippen molar-refractivity contribution in [3.8, 4) is 0 Å². The molecule has 0 fully saturated rings. The van der Waals surface area contributed by atoms with Crippen LogP contribution in [0, 0.1) is 11.8 Å². The van der Waals surface area contributed by atoms with Crippen LogP contribution >= 0.6 is 11.8 Å². The third-order valence-electron chi connectivity index (χ3n) is 4.43. The average molecular weight is 390 g/mol. The molecule has 2 rings (SSSR count). The second-order valence-electron chi connectivity index (χ2n) is 7.78. The number of amides is 1. The Hall–Kier alpha value is -1.82. The van der Waals surface area contributed by atoms with Crippen molar-refractivity contribution < 1.29 is 4.79 Å². The zero-order valence-corrected chi connectivity index (χ0v) is 17.8. The molecular weight excluding hydrogens is 358 g/mol. The molecule has 1 N–H and O–H groups in total. The normalized spacial score (nSPS) is 12.7. The van der Waals surface area contributed by atoms with Crippen molar-refractivity contribution >= 4 is 28.6 Å². The van der Waals surface area contributed by atoms with Gasteiger partial charge in [0.15, 0.2) is 5.16 Å². The highest BCUT2D eigenvalue weighted by Gasteiger charge is 2.19. The first kappa shape index (κ1) is 21.5. The smallest absolute Gasteiger partial charge is 0.262 e. The summed E-state index contributed by atoms with van der Waals surface area (Å²) in [6.45, 7) is 11.7. The predicted octanol–water partition coefficient (Wildman–Crippen LogP) is 4.09. The van der Waals surface area contributed by atoms with E-state index in [1.165, 1.54) is 11.8 Å². The average Bonchev–Trinajstić information content (AvgIpc) is 2.60. The summed E-state index contributed by atoms with van der Waals surface area (Å²) < 4.78 is 1.73. The number of para-hydroxylation sites is 1. The van der Waals surface area contributed by atoms with Gasteiger partial charge in [-0.3, -0.25) is 14.2 Å². The second kappa shape index (κ2) is 9.93. The quantitative estimate of drug-likeness (QED) is 0.518. The van der Waals surface area contributed by atoms with E-state index < -0.39 is 0 Å². The lowest BCUT2D eigenvalue weighted by Crippen LogP contribution is -2.33. The summed E-state index contributed by atoms with van der Waals surface area (Å²) in [5.74, 6) is 1.02. The van der Waals surface area contributed by atoms with Crippen LogP contribution in [0.25, 0.3) is 10.9 Å². The molecule has 0 spiro atoms. The molecule has 27 heavy (non-hydrogen) atoms. The summed E-state index contributed by atoms with van der Waals surface area (Å²) in [6.07, 6.45) is 1.85. The van der Waals surface area contributed by atoms with Crippen LogP contribution in [0.1, 0.15) is 47.5 Å². The molecule has 1 heterocycles. The van der Waals surface area contributed by atoms with Crippen LogP contribution in [0.2, 0.25) is 0 Å². The fourth-order valence-electron chi connectivity index (χ4n) is 2.66. The number of thioether (sulfide) groups is 1. The van der Waals surface area contributed by atoms with Crippen molar-refractivity contribution in [2.24, 2.45) is 11.8 Å². The summed E-state index contributed by atoms with van der Waals surface area (Å²) in [7, 11) is 0. The maximum absolute atomic E-state index is 13.0. The Kier molecular flexibility index (Phi) is 7.90. The molecule has 148 valence electrons. The summed E-state index contributed by atoms with van der Waals surface area (Å²) >= 11 is 1.36. The molecule has 0 aliphatic rings. The minimum Gasteiger partial charge on any atom is -0.355 e. The van der Waals surface area contributed by atoms with Gasteiger partial charge in [-0.15, -0.1) is 0 Å². The number of nitrogens with zero attached hydrogens (tertiary/aromatic N) is 2. The Morgan fingerprint density at radius 3 is 2.44 bits per heavy atom. The molecule has 6 heteroatoms. The largest absolute Gasteiger partial charge is 0.355 e. The van der Waals surface area contributed by atoms with Gasteiger partial charge in [0.05, 0.1) is 16.2 Å². The molecule has 1 atom stereocenters. The minimum absolute atomic E-state index is 0.0153. The topological polar surface area (TPSA) is 64.0 Å². The van der Waals surface area contributed by atoms with Crippen molar-refractivity contribution in [2.45, 2.75) is 64.4 Å². The summed E-state index contributed by atoms with van der Waals surface area (Å²) in [6, 6.07) is 7.40. The van der Waals surface area contributed by atoms with E-state index in [1.807, 2.05) is 31.2 Å². The standard InChI is InChI=1S/C21H31N3O2S/c1-14(2)10-12-22-19(25)16(5)27-21-23-18-9-7-6-8-17(18)20(26)24(21)13-11-15(3)4/h6-9,14-16H,10-13H2,1-5H3,(H,22,25). The fraction of sp³-hybridized carbons (Fsp3) is 0.571. The third-order valence-corrected chi connectivity index (χ3v) is 5.52. The highest BCUT2D eigenvalue weighted by Crippen LogP contribution is 2.23. The van der Waals surface area contributed by atoms with E-state index in [4.69, 9.17) is 4.98 Å². The predicted molar refractivity (Wildman–Crippen MR) is 113 cm³/mol. The van der Waals surface area contributed by atoms with Crippen molar-refractivity contribution in [2.75, 3.05) is 6.54 Å². The van der Waals surface area contributed by atoms with Gasteiger partial charge in [0.2, 0.25) is 5.91 Å². The Morgan fingerprint density at radius 2 is 1.78 bits per heavy atom. The molecule has 0 aliphatic heterocycles. The van der Waals surface area contributed by atoms with E-state index in [0.29, 0.717) is 41.0 Å². The Bertz CT molecular complexity index is 830. The molecule has 1 aromatic heterocycles. The van der Waals surface area contributed by atoms with Crippen LogP contribution in [0.15, 0.2) is 34.2 Å². The maximum Gasteiger partial charge on any atom is 0.262 e. The van der Waals surface area contributed by atoms with Gasteiger partial charge in [-0.1, -0.05) is 51.6 Å². The molecule has 0 bridgehead atoms. The van der Waals surface area contributed by atoms with Crippen molar-refractivity contribution in [1.29, 1.82) is 0 Å². The molecule has 0 saturated carbocycles. The van der Waals surface area contributed by atoms with Gasteiger partial charge in [-0.05, 0) is 43.7 Å². The molecule has 5 nitrogen and oxygen atoms in total. The zero-order valence-electron chi connectivity index (χ0n) is 17.0. The third kappa shape index (κ3) is 6.09. The number of fused-ring (bicyclic) bond motifs is 1. The van der Waals surface area contributed by atoms with Gasteiger partial charge in [0, 0.05) is 13.1 Å². The van der Waals surface area contributed by atoms with Crippen LogP contribution in [0.5, 0.6) is 0 Å². The molecular formula is C21H31N3O2S. The molecule has 1 amide bonds. The summed E-state index contributed by atoms with van der Waals surface area (Å²) in [5.41, 5.74) is 0.648. The number of hydrogen-bond acceptors (Lipinski definition) is 4. The van der Waals surface area contributed by atoms with Crippen LogP contribution < -0.4 is 10.9 Å². The lowest BCUT2D eigenvalue weighted by molar-refractivity contribution is -0.120. The lowest BCUT2D eigenvalue weighted by Gasteiger charge is -2.17. The van der Waals surface area contributed by atoms with Crippen molar-refractivity contribution in [1.82, 2.24) is 14.9 Å². The van der Waals surface area contributed by atoms with E-state index in [0.717, 1.165) is 12.8 Å². The second-order valence-corrected chi connectivity index (χ2v) is 9.09. The van der Waals surface area contributed by atoms with Crippen LogP contribution in [0.4, 0.5) is 0 Å². The van der Waals surface area contributed by atoms with E-state index in [2.05, 4.69) is 33.0 Å². The fourth-order valence-corrected chi connectivity index (χ4v) is 3.62. The van der Waals surface area contributed by atoms with E-state index in [-0.39, 0.29) is 16.7 Å². The SMILES string of the molecule is CC(C)CCNC(=O)C(C)Sc1nc2ccccc2c(=O)n1CCC(C)C. The van der Waals surface area contributed by atoms with Gasteiger partial charge < -0.3 is 5.32 Å². The number of carbonyl (C=O) groups is 1. The molecule has 2 aromatic rings. The number of carbonyl (C=O) groups excluding carboxylic acids is 1. The van der Waals surface area contributed by atoms with Crippen molar-refractivity contribution in [3.63, 3.8) is 0 Å². The minimum atomic E-state index is -0.310. The molecule has 1 aromatic carbocycles. The Morgan fingerprint density at radius 1 is 1.11 bits per heavy atom. The van der Waals surface area contributed by atoms with Gasteiger partial charge >= 0.3 is 0 Å². The van der Waals surface area contributed by atoms with Gasteiger partial charge in [0.25, 0.3) is 5.56 Å². The van der Waals surface area contributed by atoms with Crippen LogP contribution in [0.3, 0.4) is 0 Å². The van der Waals surface area contributed by atoms with Crippen LogP contribution in [-0.4, -0.2) is 27.3 Å². The monoisotopic (exact) mass is 389 g/mol. The van der Waals surface area contributed by atoms with Gasteiger partial charge in [0.1, 0.15) is 0 Å². The number of hydrogen-bond donors (Lipinski definition) is 1. The Labute approximate surface area is 166 Å². The first-order chi connectivity index (χ1) is 12.8. The highest BCUT2D eigenvalue weighted by atomic mass is 32.2. The van der Waals surface area contributed by atoms with Crippen molar-refractivity contribution in [3.05, 3.63) is 34.6 Å². The van der Waals surface area contributed by atoms with Gasteiger partial charge in [-0.2, -0.15) is 0 Å². The number of aromatic nitrogens is 2. The lowest BCUT2D eigenvalue weighted by atomic mass is 10.1.